The summed E-state index contributed by atoms with van der Waals surface area (Å²) in [5.41, 5.74) is 0.883. The molecule has 0 saturated heterocycles. The third kappa shape index (κ3) is 5.20. The van der Waals surface area contributed by atoms with Crippen molar-refractivity contribution in [3.63, 3.8) is 0 Å². The summed E-state index contributed by atoms with van der Waals surface area (Å²) in [5.74, 6) is -1.39. The lowest BCUT2D eigenvalue weighted by atomic mass is 10.0. The fourth-order valence-electron chi connectivity index (χ4n) is 1.45. The highest BCUT2D eigenvalue weighted by Crippen LogP contribution is 2.16. The number of aliphatic carboxylic acids is 1. The molecule has 0 heterocycles. The number of hydrogen-bond donors (Lipinski definition) is 2. The highest BCUT2D eigenvalue weighted by Gasteiger charge is 2.14. The van der Waals surface area contributed by atoms with Crippen LogP contribution in [0.25, 0.3) is 0 Å². The third-order valence-corrected chi connectivity index (χ3v) is 1.97. The first-order valence-corrected chi connectivity index (χ1v) is 5.25. The van der Waals surface area contributed by atoms with Crippen LogP contribution < -0.4 is 5.32 Å². The Morgan fingerprint density at radius 2 is 1.60 bits per heavy atom. The molecule has 0 spiro atoms. The number of hydrogen-bond acceptors (Lipinski definition) is 2. The van der Waals surface area contributed by atoms with Crippen molar-refractivity contribution in [2.45, 2.75) is 46.5 Å². The maximum Gasteiger partial charge on any atom is 0.352 e. The van der Waals surface area contributed by atoms with Crippen LogP contribution in [0, 0.1) is 0 Å². The Balaban J connectivity index is 4.94. The topological polar surface area (TPSA) is 66.4 Å². The lowest BCUT2D eigenvalue weighted by Crippen LogP contribution is -2.26. The van der Waals surface area contributed by atoms with E-state index in [1.54, 1.807) is 0 Å². The van der Waals surface area contributed by atoms with Crippen LogP contribution in [0.15, 0.2) is 11.3 Å². The lowest BCUT2D eigenvalue weighted by Gasteiger charge is -2.11. The van der Waals surface area contributed by atoms with Crippen LogP contribution in [0.1, 0.15) is 46.5 Å². The first-order chi connectivity index (χ1) is 7.02. The Bertz CT molecular complexity index is 261. The van der Waals surface area contributed by atoms with E-state index in [2.05, 4.69) is 5.32 Å². The van der Waals surface area contributed by atoms with Gasteiger partial charge in [0, 0.05) is 6.92 Å². The van der Waals surface area contributed by atoms with Crippen molar-refractivity contribution < 1.29 is 14.7 Å². The average molecular weight is 213 g/mol. The minimum atomic E-state index is -1.05. The SMILES string of the molecule is CCCC(CCC)=C(NC(C)=O)C(=O)O. The van der Waals surface area contributed by atoms with Gasteiger partial charge in [0.25, 0.3) is 0 Å². The number of carbonyl (C=O) groups excluding carboxylic acids is 1. The smallest absolute Gasteiger partial charge is 0.352 e. The number of carbonyl (C=O) groups is 2. The van der Waals surface area contributed by atoms with Crippen molar-refractivity contribution in [1.29, 1.82) is 0 Å². The number of amides is 1. The van der Waals surface area contributed by atoms with Gasteiger partial charge in [-0.15, -0.1) is 0 Å². The Kier molecular flexibility index (Phi) is 6.42. The molecule has 0 rings (SSSR count). The van der Waals surface area contributed by atoms with Gasteiger partial charge in [-0.3, -0.25) is 4.79 Å². The molecule has 0 aliphatic carbocycles. The second kappa shape index (κ2) is 7.04. The molecule has 2 N–H and O–H groups in total. The molecule has 4 nitrogen and oxygen atoms in total. The van der Waals surface area contributed by atoms with Crippen molar-refractivity contribution in [3.8, 4) is 0 Å². The molecule has 0 aromatic carbocycles. The maximum absolute atomic E-state index is 11.0. The monoisotopic (exact) mass is 213 g/mol. The molecule has 15 heavy (non-hydrogen) atoms. The van der Waals surface area contributed by atoms with Crippen LogP contribution in [-0.2, 0) is 9.59 Å². The van der Waals surface area contributed by atoms with E-state index in [4.69, 9.17) is 5.11 Å². The van der Waals surface area contributed by atoms with Crippen LogP contribution in [0.3, 0.4) is 0 Å². The van der Waals surface area contributed by atoms with Gasteiger partial charge in [0.1, 0.15) is 5.70 Å². The van der Waals surface area contributed by atoms with E-state index in [-0.39, 0.29) is 11.6 Å². The van der Waals surface area contributed by atoms with E-state index >= 15 is 0 Å². The molecule has 1 amide bonds. The van der Waals surface area contributed by atoms with Gasteiger partial charge in [-0.1, -0.05) is 26.7 Å². The summed E-state index contributed by atoms with van der Waals surface area (Å²) < 4.78 is 0. The second-order valence-electron chi connectivity index (χ2n) is 3.46. The van der Waals surface area contributed by atoms with Gasteiger partial charge in [0.15, 0.2) is 0 Å². The molecular weight excluding hydrogens is 194 g/mol. The first-order valence-electron chi connectivity index (χ1n) is 5.25. The Morgan fingerprint density at radius 1 is 1.13 bits per heavy atom. The molecule has 0 bridgehead atoms. The molecule has 0 radical (unpaired) electrons. The van der Waals surface area contributed by atoms with Gasteiger partial charge in [0.05, 0.1) is 0 Å². The van der Waals surface area contributed by atoms with Gasteiger partial charge < -0.3 is 10.4 Å². The van der Waals surface area contributed by atoms with Crippen LogP contribution in [-0.4, -0.2) is 17.0 Å². The fraction of sp³-hybridized carbons (Fsp3) is 0.636. The van der Waals surface area contributed by atoms with E-state index in [0.29, 0.717) is 0 Å². The fourth-order valence-corrected chi connectivity index (χ4v) is 1.45. The predicted octanol–water partition coefficient (Wildman–Crippen LogP) is 2.06. The second-order valence-corrected chi connectivity index (χ2v) is 3.46. The molecular formula is C11H19NO3. The zero-order valence-electron chi connectivity index (χ0n) is 9.59. The quantitative estimate of drug-likeness (QED) is 0.664. The van der Waals surface area contributed by atoms with Gasteiger partial charge in [0.2, 0.25) is 5.91 Å². The molecule has 0 aromatic heterocycles. The maximum atomic E-state index is 11.0. The summed E-state index contributed by atoms with van der Waals surface area (Å²) in [6.45, 7) is 5.30. The van der Waals surface area contributed by atoms with Gasteiger partial charge >= 0.3 is 5.97 Å². The minimum absolute atomic E-state index is 0.0613. The van der Waals surface area contributed by atoms with E-state index in [1.807, 2.05) is 13.8 Å². The third-order valence-electron chi connectivity index (χ3n) is 1.97. The average Bonchev–Trinajstić information content (AvgIpc) is 2.13. The molecule has 0 atom stereocenters. The van der Waals surface area contributed by atoms with Crippen molar-refractivity contribution >= 4 is 11.9 Å². The number of carboxylic acids is 1. The summed E-state index contributed by atoms with van der Waals surface area (Å²) in [6, 6.07) is 0. The van der Waals surface area contributed by atoms with E-state index < -0.39 is 5.97 Å². The van der Waals surface area contributed by atoms with Crippen molar-refractivity contribution in [1.82, 2.24) is 5.32 Å². The Hall–Kier alpha value is -1.32. The largest absolute Gasteiger partial charge is 0.477 e. The first kappa shape index (κ1) is 13.7. The number of nitrogens with one attached hydrogen (secondary N) is 1. The molecule has 86 valence electrons. The lowest BCUT2D eigenvalue weighted by molar-refractivity contribution is -0.134. The predicted molar refractivity (Wildman–Crippen MR) is 58.3 cm³/mol. The number of carboxylic acid groups (broad SMARTS) is 1. The molecule has 0 unspecified atom stereocenters. The van der Waals surface area contributed by atoms with Gasteiger partial charge in [-0.2, -0.15) is 0 Å². The summed E-state index contributed by atoms with van der Waals surface area (Å²) >= 11 is 0. The molecule has 0 aliphatic heterocycles. The van der Waals surface area contributed by atoms with Crippen molar-refractivity contribution in [2.24, 2.45) is 0 Å². The molecule has 0 aliphatic rings. The molecule has 0 aromatic rings. The van der Waals surface area contributed by atoms with Crippen LogP contribution in [0.2, 0.25) is 0 Å². The van der Waals surface area contributed by atoms with Crippen LogP contribution >= 0.6 is 0 Å². The van der Waals surface area contributed by atoms with Gasteiger partial charge in [-0.25, -0.2) is 4.79 Å². The van der Waals surface area contributed by atoms with E-state index in [1.165, 1.54) is 6.92 Å². The number of rotatable bonds is 6. The van der Waals surface area contributed by atoms with E-state index in [0.717, 1.165) is 31.3 Å². The molecule has 0 fully saturated rings. The minimum Gasteiger partial charge on any atom is -0.477 e. The summed E-state index contributed by atoms with van der Waals surface area (Å²) in [7, 11) is 0. The zero-order chi connectivity index (χ0) is 11.8. The van der Waals surface area contributed by atoms with Crippen LogP contribution in [0.4, 0.5) is 0 Å². The Labute approximate surface area is 90.4 Å². The normalized spacial score (nSPS) is 9.53. The Morgan fingerprint density at radius 3 is 1.87 bits per heavy atom. The zero-order valence-corrected chi connectivity index (χ0v) is 9.59. The molecule has 4 heteroatoms. The van der Waals surface area contributed by atoms with Crippen molar-refractivity contribution in [3.05, 3.63) is 11.3 Å². The molecule has 0 saturated carbocycles. The highest BCUT2D eigenvalue weighted by atomic mass is 16.4. The highest BCUT2D eigenvalue weighted by molar-refractivity contribution is 5.92. The summed E-state index contributed by atoms with van der Waals surface area (Å²) in [5, 5.41) is 11.4. The summed E-state index contributed by atoms with van der Waals surface area (Å²) in [4.78, 5) is 21.8. The van der Waals surface area contributed by atoms with Crippen LogP contribution in [0.5, 0.6) is 0 Å². The summed E-state index contributed by atoms with van der Waals surface area (Å²) in [6.07, 6.45) is 3.20. The van der Waals surface area contributed by atoms with E-state index in [9.17, 15) is 9.59 Å². The van der Waals surface area contributed by atoms with Gasteiger partial charge in [-0.05, 0) is 18.4 Å². The standard InChI is InChI=1S/C11H19NO3/c1-4-6-9(7-5-2)10(11(14)15)12-8(3)13/h4-7H2,1-3H3,(H,12,13)(H,14,15). The number of allylic oxidation sites excluding steroid dienone is 1. The van der Waals surface area contributed by atoms with Crippen molar-refractivity contribution in [2.75, 3.05) is 0 Å².